The fourth-order valence-corrected chi connectivity index (χ4v) is 5.09. The lowest BCUT2D eigenvalue weighted by atomic mass is 10.2. The van der Waals surface area contributed by atoms with Crippen LogP contribution < -0.4 is 10.2 Å². The smallest absolute Gasteiger partial charge is 0.242 e. The molecule has 0 unspecified atom stereocenters. The lowest BCUT2D eigenvalue weighted by Crippen LogP contribution is -2.23. The number of amides is 1. The van der Waals surface area contributed by atoms with Gasteiger partial charge in [-0.2, -0.15) is 0 Å². The zero-order valence-corrected chi connectivity index (χ0v) is 18.9. The first-order chi connectivity index (χ1) is 13.7. The van der Waals surface area contributed by atoms with Crippen molar-refractivity contribution in [1.29, 1.82) is 0 Å². The number of carbonyl (C=O) groups excluding carboxylic acids is 1. The highest BCUT2D eigenvalue weighted by molar-refractivity contribution is 8.00. The summed E-state index contributed by atoms with van der Waals surface area (Å²) in [5.74, 6) is -0.112. The van der Waals surface area contributed by atoms with Gasteiger partial charge in [0.15, 0.2) is 0 Å². The maximum Gasteiger partial charge on any atom is 0.242 e. The number of fused-ring (bicyclic) bond motifs is 1. The summed E-state index contributed by atoms with van der Waals surface area (Å²) >= 11 is 2.83. The van der Waals surface area contributed by atoms with Crippen LogP contribution in [0.5, 0.6) is 0 Å². The highest BCUT2D eigenvalue weighted by atomic mass is 32.2. The minimum atomic E-state index is -3.61. The number of carbonyl (C=O) groups is 1. The third-order valence-corrected chi connectivity index (χ3v) is 7.70. The van der Waals surface area contributed by atoms with E-state index in [0.29, 0.717) is 11.4 Å². The van der Waals surface area contributed by atoms with Crippen LogP contribution in [0.1, 0.15) is 0 Å². The van der Waals surface area contributed by atoms with Crippen LogP contribution in [0.4, 0.5) is 11.4 Å². The number of hydrogen-bond donors (Lipinski definition) is 1. The number of rotatable bonds is 7. The van der Waals surface area contributed by atoms with Crippen molar-refractivity contribution in [3.05, 3.63) is 36.0 Å². The molecule has 1 amide bonds. The normalized spacial score (nSPS) is 11.8. The third-order valence-electron chi connectivity index (χ3n) is 4.07. The Hall–Kier alpha value is -2.21. The molecule has 0 saturated heterocycles. The lowest BCUT2D eigenvalue weighted by Gasteiger charge is -2.20. The number of thioether (sulfide) groups is 1. The molecule has 29 heavy (non-hydrogen) atoms. The van der Waals surface area contributed by atoms with Gasteiger partial charge in [-0.1, -0.05) is 11.8 Å². The second-order valence-corrected chi connectivity index (χ2v) is 10.5. The molecule has 11 heteroatoms. The fourth-order valence-electron chi connectivity index (χ4n) is 2.58. The Morgan fingerprint density at radius 1 is 1.17 bits per heavy atom. The van der Waals surface area contributed by atoms with Crippen molar-refractivity contribution in [2.45, 2.75) is 9.92 Å². The van der Waals surface area contributed by atoms with E-state index in [4.69, 9.17) is 0 Å². The van der Waals surface area contributed by atoms with Crippen molar-refractivity contribution in [2.24, 2.45) is 0 Å². The molecule has 1 N–H and O–H groups in total. The van der Waals surface area contributed by atoms with Gasteiger partial charge < -0.3 is 10.2 Å². The molecule has 0 bridgehead atoms. The van der Waals surface area contributed by atoms with E-state index in [9.17, 15) is 13.2 Å². The first-order valence-corrected chi connectivity index (χ1v) is 11.9. The molecule has 8 nitrogen and oxygen atoms in total. The van der Waals surface area contributed by atoms with Crippen molar-refractivity contribution < 1.29 is 13.2 Å². The molecule has 2 heterocycles. The summed E-state index contributed by atoms with van der Waals surface area (Å²) in [6.07, 6.45) is 1.48. The Labute approximate surface area is 178 Å². The van der Waals surface area contributed by atoms with Gasteiger partial charge in [0.2, 0.25) is 15.9 Å². The van der Waals surface area contributed by atoms with E-state index >= 15 is 0 Å². The number of benzene rings is 1. The van der Waals surface area contributed by atoms with E-state index in [-0.39, 0.29) is 16.6 Å². The Morgan fingerprint density at radius 3 is 2.62 bits per heavy atom. The predicted octanol–water partition coefficient (Wildman–Crippen LogP) is 2.74. The number of nitrogens with one attached hydrogen (secondary N) is 1. The molecule has 154 valence electrons. The van der Waals surface area contributed by atoms with Crippen LogP contribution in [0.2, 0.25) is 0 Å². The molecule has 0 aliphatic carbocycles. The molecule has 0 fully saturated rings. The highest BCUT2D eigenvalue weighted by Gasteiger charge is 2.20. The van der Waals surface area contributed by atoms with E-state index in [0.717, 1.165) is 19.5 Å². The molecule has 1 aromatic carbocycles. The highest BCUT2D eigenvalue weighted by Crippen LogP contribution is 2.30. The molecule has 0 radical (unpaired) electrons. The first-order valence-electron chi connectivity index (χ1n) is 8.55. The Bertz CT molecular complexity index is 1140. The zero-order chi connectivity index (χ0) is 21.2. The second-order valence-electron chi connectivity index (χ2n) is 6.52. The molecule has 3 rings (SSSR count). The molecule has 0 aliphatic heterocycles. The molecule has 3 aromatic rings. The van der Waals surface area contributed by atoms with E-state index in [1.54, 1.807) is 6.07 Å². The van der Waals surface area contributed by atoms with Crippen LogP contribution in [0, 0.1) is 0 Å². The van der Waals surface area contributed by atoms with E-state index < -0.39 is 10.0 Å². The minimum absolute atomic E-state index is 0.117. The minimum Gasteiger partial charge on any atom is -0.376 e. The van der Waals surface area contributed by atoms with Crippen molar-refractivity contribution in [1.82, 2.24) is 14.3 Å². The number of nitrogens with zero attached hydrogens (tertiary/aromatic N) is 4. The summed E-state index contributed by atoms with van der Waals surface area (Å²) in [6, 6.07) is 6.62. The van der Waals surface area contributed by atoms with Crippen molar-refractivity contribution in [2.75, 3.05) is 44.2 Å². The van der Waals surface area contributed by atoms with Crippen LogP contribution in [-0.4, -0.2) is 62.5 Å². The van der Waals surface area contributed by atoms with Crippen LogP contribution in [0.3, 0.4) is 0 Å². The van der Waals surface area contributed by atoms with E-state index in [1.807, 2.05) is 30.4 Å². The second kappa shape index (κ2) is 8.66. The Kier molecular flexibility index (Phi) is 6.42. The summed E-state index contributed by atoms with van der Waals surface area (Å²) in [7, 11) is 2.99. The zero-order valence-electron chi connectivity index (χ0n) is 16.4. The molecule has 0 atom stereocenters. The molecule has 0 aliphatic rings. The van der Waals surface area contributed by atoms with Crippen molar-refractivity contribution in [3.63, 3.8) is 0 Å². The summed E-state index contributed by atoms with van der Waals surface area (Å²) in [4.78, 5) is 23.8. The van der Waals surface area contributed by atoms with Crippen LogP contribution in [0.25, 0.3) is 10.2 Å². The summed E-state index contributed by atoms with van der Waals surface area (Å²) < 4.78 is 26.0. The number of hydrogen-bond acceptors (Lipinski definition) is 8. The number of aromatic nitrogens is 2. The van der Waals surface area contributed by atoms with Gasteiger partial charge in [0.25, 0.3) is 0 Å². The topological polar surface area (TPSA) is 95.5 Å². The number of thiophene rings is 1. The molecular weight excluding hydrogens is 430 g/mol. The number of anilines is 2. The van der Waals surface area contributed by atoms with Gasteiger partial charge in [0.1, 0.15) is 16.2 Å². The molecular formula is C18H21N5O3S3. The molecule has 0 spiro atoms. The molecule has 0 saturated carbocycles. The van der Waals surface area contributed by atoms with Crippen LogP contribution in [-0.2, 0) is 14.8 Å². The average Bonchev–Trinajstić information content (AvgIpc) is 3.15. The van der Waals surface area contributed by atoms with Gasteiger partial charge in [0.05, 0.1) is 22.0 Å². The summed E-state index contributed by atoms with van der Waals surface area (Å²) in [6.45, 7) is 0. The van der Waals surface area contributed by atoms with Crippen molar-refractivity contribution in [3.8, 4) is 0 Å². The average molecular weight is 452 g/mol. The largest absolute Gasteiger partial charge is 0.376 e. The Balaban J connectivity index is 1.80. The van der Waals surface area contributed by atoms with Gasteiger partial charge in [-0.3, -0.25) is 4.79 Å². The standard InChI is InChI=1S/C18H21N5O3S3/c1-22(2)15-6-5-12(29(25,26)23(3)4)9-14(15)21-16(24)10-28-18-13-7-8-27-17(13)19-11-20-18/h5-9,11H,10H2,1-4H3,(H,21,24). The monoisotopic (exact) mass is 451 g/mol. The maximum absolute atomic E-state index is 12.6. The lowest BCUT2D eigenvalue weighted by molar-refractivity contribution is -0.113. The van der Waals surface area contributed by atoms with E-state index in [2.05, 4.69) is 15.3 Å². The summed E-state index contributed by atoms with van der Waals surface area (Å²) in [5.41, 5.74) is 1.15. The fraction of sp³-hybridized carbons (Fsp3) is 0.278. The van der Waals surface area contributed by atoms with E-state index in [1.165, 1.54) is 55.7 Å². The van der Waals surface area contributed by atoms with Gasteiger partial charge in [-0.15, -0.1) is 11.3 Å². The van der Waals surface area contributed by atoms with Crippen LogP contribution in [0.15, 0.2) is 45.9 Å². The third kappa shape index (κ3) is 4.69. The van der Waals surface area contributed by atoms with Gasteiger partial charge in [0, 0.05) is 33.6 Å². The SMILES string of the molecule is CN(C)c1ccc(S(=O)(=O)N(C)C)cc1NC(=O)CSc1ncnc2sccc12. The maximum atomic E-state index is 12.6. The quantitative estimate of drug-likeness (QED) is 0.436. The van der Waals surface area contributed by atoms with Gasteiger partial charge in [-0.25, -0.2) is 22.7 Å². The molecule has 2 aromatic heterocycles. The number of sulfonamides is 1. The predicted molar refractivity (Wildman–Crippen MR) is 118 cm³/mol. The summed E-state index contributed by atoms with van der Waals surface area (Å²) in [5, 5.41) is 6.42. The van der Waals surface area contributed by atoms with Gasteiger partial charge >= 0.3 is 0 Å². The Morgan fingerprint density at radius 2 is 1.93 bits per heavy atom. The first kappa shape index (κ1) is 21.5. The van der Waals surface area contributed by atoms with Gasteiger partial charge in [-0.05, 0) is 29.6 Å². The van der Waals surface area contributed by atoms with Crippen molar-refractivity contribution >= 4 is 60.6 Å². The van der Waals surface area contributed by atoms with Crippen LogP contribution >= 0.6 is 23.1 Å².